The molecule has 5 nitrogen and oxygen atoms in total. The third-order valence-electron chi connectivity index (χ3n) is 4.53. The van der Waals surface area contributed by atoms with Gasteiger partial charge in [-0.15, -0.1) is 0 Å². The van der Waals surface area contributed by atoms with Crippen LogP contribution in [0.3, 0.4) is 0 Å². The van der Waals surface area contributed by atoms with E-state index in [4.69, 9.17) is 0 Å². The quantitative estimate of drug-likeness (QED) is 0.590. The fraction of sp³-hybridized carbons (Fsp3) is 0.143. The van der Waals surface area contributed by atoms with Gasteiger partial charge in [0.25, 0.3) is 11.5 Å². The Morgan fingerprint density at radius 1 is 1.04 bits per heavy atom. The van der Waals surface area contributed by atoms with Gasteiger partial charge in [-0.25, -0.2) is 4.68 Å². The molecule has 0 radical (unpaired) electrons. The van der Waals surface area contributed by atoms with Crippen LogP contribution in [0.2, 0.25) is 0 Å². The van der Waals surface area contributed by atoms with Crippen LogP contribution >= 0.6 is 0 Å². The minimum Gasteiger partial charge on any atom is -0.353 e. The lowest BCUT2D eigenvalue weighted by Crippen LogP contribution is -2.35. The maximum absolute atomic E-state index is 12.8. The fourth-order valence-electron chi connectivity index (χ4n) is 3.33. The van der Waals surface area contributed by atoms with Crippen molar-refractivity contribution in [2.45, 2.75) is 19.8 Å². The summed E-state index contributed by atoms with van der Waals surface area (Å²) in [4.78, 5) is 28.7. The second-order valence-electron chi connectivity index (χ2n) is 6.28. The Kier molecular flexibility index (Phi) is 4.05. The van der Waals surface area contributed by atoms with E-state index in [2.05, 4.69) is 17.3 Å². The van der Waals surface area contributed by atoms with Crippen LogP contribution in [-0.2, 0) is 6.42 Å². The lowest BCUT2D eigenvalue weighted by atomic mass is 10.1. The van der Waals surface area contributed by atoms with Crippen LogP contribution in [0.15, 0.2) is 65.5 Å². The fourth-order valence-corrected chi connectivity index (χ4v) is 3.33. The normalized spacial score (nSPS) is 11.1. The van der Waals surface area contributed by atoms with Gasteiger partial charge in [0, 0.05) is 27.9 Å². The molecule has 0 fully saturated rings. The predicted octanol–water partition coefficient (Wildman–Crippen LogP) is 3.82. The lowest BCUT2D eigenvalue weighted by Gasteiger charge is -2.14. The molecule has 0 saturated carbocycles. The Morgan fingerprint density at radius 2 is 1.77 bits per heavy atom. The SMILES string of the molecule is CCCc1c2[nH]c3ccccc3c2cc(=O)n1NC(=O)c1ccccc1. The van der Waals surface area contributed by atoms with Crippen molar-refractivity contribution in [1.82, 2.24) is 9.66 Å². The van der Waals surface area contributed by atoms with E-state index in [0.29, 0.717) is 12.0 Å². The number of hydrogen-bond donors (Lipinski definition) is 2. The minimum absolute atomic E-state index is 0.241. The van der Waals surface area contributed by atoms with Gasteiger partial charge in [0.1, 0.15) is 0 Å². The van der Waals surface area contributed by atoms with Crippen molar-refractivity contribution in [3.63, 3.8) is 0 Å². The van der Waals surface area contributed by atoms with E-state index < -0.39 is 0 Å². The molecule has 0 saturated heterocycles. The smallest absolute Gasteiger partial charge is 0.270 e. The van der Waals surface area contributed by atoms with E-state index in [1.54, 1.807) is 30.3 Å². The number of nitrogens with one attached hydrogen (secondary N) is 2. The van der Waals surface area contributed by atoms with E-state index in [1.165, 1.54) is 4.68 Å². The summed E-state index contributed by atoms with van der Waals surface area (Å²) in [5.41, 5.74) is 5.69. The second-order valence-corrected chi connectivity index (χ2v) is 6.28. The van der Waals surface area contributed by atoms with Crippen molar-refractivity contribution in [1.29, 1.82) is 0 Å². The number of nitrogens with zero attached hydrogens (tertiary/aromatic N) is 1. The third kappa shape index (κ3) is 2.67. The summed E-state index contributed by atoms with van der Waals surface area (Å²) in [6.07, 6.45) is 1.53. The summed E-state index contributed by atoms with van der Waals surface area (Å²) in [6.45, 7) is 2.05. The van der Waals surface area contributed by atoms with Crippen LogP contribution in [0.25, 0.3) is 21.8 Å². The molecule has 2 aromatic heterocycles. The third-order valence-corrected chi connectivity index (χ3v) is 4.53. The molecular formula is C21H19N3O2. The van der Waals surface area contributed by atoms with E-state index in [-0.39, 0.29) is 11.5 Å². The van der Waals surface area contributed by atoms with Crippen molar-refractivity contribution in [3.05, 3.63) is 82.3 Å². The van der Waals surface area contributed by atoms with Crippen LogP contribution in [-0.4, -0.2) is 15.6 Å². The minimum atomic E-state index is -0.305. The van der Waals surface area contributed by atoms with Gasteiger partial charge < -0.3 is 4.98 Å². The lowest BCUT2D eigenvalue weighted by molar-refractivity contribution is 0.101. The Bertz CT molecular complexity index is 1160. The second kappa shape index (κ2) is 6.52. The van der Waals surface area contributed by atoms with Crippen molar-refractivity contribution < 1.29 is 4.79 Å². The summed E-state index contributed by atoms with van der Waals surface area (Å²) in [7, 11) is 0. The first kappa shape index (κ1) is 16.1. The standard InChI is InChI=1S/C21H19N3O2/c1-2-8-18-20-16(15-11-6-7-12-17(15)22-20)13-19(25)24(18)23-21(26)14-9-4-3-5-10-14/h3-7,9-13,22H,2,8H2,1H3,(H,23,26). The number of amides is 1. The Labute approximate surface area is 150 Å². The first-order valence-corrected chi connectivity index (χ1v) is 8.71. The van der Waals surface area contributed by atoms with Crippen LogP contribution in [0.4, 0.5) is 0 Å². The van der Waals surface area contributed by atoms with Crippen LogP contribution in [0.5, 0.6) is 0 Å². The topological polar surface area (TPSA) is 66.9 Å². The monoisotopic (exact) mass is 345 g/mol. The number of aromatic nitrogens is 2. The molecule has 4 rings (SSSR count). The highest BCUT2D eigenvalue weighted by Crippen LogP contribution is 2.26. The van der Waals surface area contributed by atoms with Crippen molar-refractivity contribution in [2.24, 2.45) is 0 Å². The number of H-pyrrole nitrogens is 1. The van der Waals surface area contributed by atoms with E-state index in [0.717, 1.165) is 33.9 Å². The van der Waals surface area contributed by atoms with Gasteiger partial charge in [-0.3, -0.25) is 15.0 Å². The van der Waals surface area contributed by atoms with Gasteiger partial charge >= 0.3 is 0 Å². The number of benzene rings is 2. The average molecular weight is 345 g/mol. The van der Waals surface area contributed by atoms with E-state index in [9.17, 15) is 9.59 Å². The molecule has 0 bridgehead atoms. The van der Waals surface area contributed by atoms with Crippen LogP contribution in [0.1, 0.15) is 29.4 Å². The summed E-state index contributed by atoms with van der Waals surface area (Å²) in [6, 6.07) is 18.4. The van der Waals surface area contributed by atoms with Gasteiger partial charge in [-0.05, 0) is 24.6 Å². The Hall–Kier alpha value is -3.34. The summed E-state index contributed by atoms with van der Waals surface area (Å²) in [5.74, 6) is -0.305. The van der Waals surface area contributed by atoms with Crippen molar-refractivity contribution in [2.75, 3.05) is 5.43 Å². The number of aryl methyl sites for hydroxylation is 1. The number of carbonyl (C=O) groups is 1. The number of pyridine rings is 1. The van der Waals surface area contributed by atoms with Crippen LogP contribution < -0.4 is 11.0 Å². The van der Waals surface area contributed by atoms with Gasteiger partial charge in [-0.2, -0.15) is 0 Å². The number of fused-ring (bicyclic) bond motifs is 3. The molecule has 5 heteroatoms. The zero-order chi connectivity index (χ0) is 18.1. The van der Waals surface area contributed by atoms with Gasteiger partial charge in [0.2, 0.25) is 0 Å². The number of hydrogen-bond acceptors (Lipinski definition) is 2. The molecular weight excluding hydrogens is 326 g/mol. The average Bonchev–Trinajstić information content (AvgIpc) is 3.03. The molecule has 2 N–H and O–H groups in total. The zero-order valence-electron chi connectivity index (χ0n) is 14.5. The molecule has 2 aromatic carbocycles. The maximum Gasteiger partial charge on any atom is 0.270 e. The van der Waals surface area contributed by atoms with Crippen molar-refractivity contribution in [3.8, 4) is 0 Å². The largest absolute Gasteiger partial charge is 0.353 e. The van der Waals surface area contributed by atoms with Gasteiger partial charge in [0.15, 0.2) is 0 Å². The maximum atomic E-state index is 12.8. The molecule has 0 spiro atoms. The first-order chi connectivity index (χ1) is 12.7. The summed E-state index contributed by atoms with van der Waals surface area (Å²) >= 11 is 0. The number of rotatable bonds is 4. The van der Waals surface area contributed by atoms with Gasteiger partial charge in [-0.1, -0.05) is 49.7 Å². The Morgan fingerprint density at radius 3 is 2.54 bits per heavy atom. The first-order valence-electron chi connectivity index (χ1n) is 8.71. The molecule has 0 atom stereocenters. The number of carbonyl (C=O) groups excluding carboxylic acids is 1. The molecule has 0 aliphatic rings. The Balaban J connectivity index is 1.89. The molecule has 130 valence electrons. The molecule has 0 unspecified atom stereocenters. The highest BCUT2D eigenvalue weighted by atomic mass is 16.2. The van der Waals surface area contributed by atoms with E-state index in [1.807, 2.05) is 30.3 Å². The molecule has 4 aromatic rings. The number of aromatic amines is 1. The summed E-state index contributed by atoms with van der Waals surface area (Å²) in [5, 5.41) is 1.90. The molecule has 26 heavy (non-hydrogen) atoms. The molecule has 0 aliphatic carbocycles. The summed E-state index contributed by atoms with van der Waals surface area (Å²) < 4.78 is 1.37. The molecule has 2 heterocycles. The van der Waals surface area contributed by atoms with Gasteiger partial charge in [0.05, 0.1) is 11.2 Å². The highest BCUT2D eigenvalue weighted by molar-refractivity contribution is 6.08. The van der Waals surface area contributed by atoms with E-state index >= 15 is 0 Å². The van der Waals surface area contributed by atoms with Crippen LogP contribution in [0, 0.1) is 0 Å². The molecule has 0 aliphatic heterocycles. The molecule has 1 amide bonds. The highest BCUT2D eigenvalue weighted by Gasteiger charge is 2.16. The predicted molar refractivity (Wildman–Crippen MR) is 104 cm³/mol. The zero-order valence-corrected chi connectivity index (χ0v) is 14.5. The van der Waals surface area contributed by atoms with Crippen molar-refractivity contribution >= 4 is 27.7 Å². The number of para-hydroxylation sites is 1.